The number of ether oxygens (including phenoxy) is 2. The molecule has 0 fully saturated rings. The monoisotopic (exact) mass is 300 g/mol. The molecule has 0 rings (SSSR count). The van der Waals surface area contributed by atoms with Gasteiger partial charge in [-0.15, -0.1) is 0 Å². The van der Waals surface area contributed by atoms with Crippen molar-refractivity contribution in [3.63, 3.8) is 0 Å². The van der Waals surface area contributed by atoms with Crippen molar-refractivity contribution in [1.82, 2.24) is 0 Å². The van der Waals surface area contributed by atoms with Crippen molar-refractivity contribution in [2.75, 3.05) is 0 Å². The molecule has 0 amide bonds. The summed E-state index contributed by atoms with van der Waals surface area (Å²) >= 11 is 0. The Morgan fingerprint density at radius 2 is 1.35 bits per heavy atom. The quantitative estimate of drug-likeness (QED) is 0.598. The van der Waals surface area contributed by atoms with Crippen LogP contribution in [-0.4, -0.2) is 41.5 Å². The number of halogens is 3. The van der Waals surface area contributed by atoms with Crippen LogP contribution in [0.4, 0.5) is 13.2 Å². The molecule has 0 saturated heterocycles. The first-order valence-electron chi connectivity index (χ1n) is 6.10. The van der Waals surface area contributed by atoms with E-state index in [0.717, 1.165) is 0 Å². The lowest BCUT2D eigenvalue weighted by Gasteiger charge is -2.21. The Kier molecular flexibility index (Phi) is 6.98. The van der Waals surface area contributed by atoms with E-state index in [4.69, 9.17) is 14.6 Å². The lowest BCUT2D eigenvalue weighted by molar-refractivity contribution is -0.211. The molecule has 0 spiro atoms. The van der Waals surface area contributed by atoms with Gasteiger partial charge in [-0.1, -0.05) is 0 Å². The highest BCUT2D eigenvalue weighted by Gasteiger charge is 2.44. The first-order chi connectivity index (χ1) is 8.95. The van der Waals surface area contributed by atoms with Gasteiger partial charge >= 0.3 is 18.1 Å². The molecule has 0 aromatic carbocycles. The minimum absolute atomic E-state index is 0.597. The number of carbonyl (C=O) groups excluding carboxylic acids is 2. The molecule has 0 aliphatic carbocycles. The van der Waals surface area contributed by atoms with Gasteiger partial charge in [-0.25, -0.2) is 0 Å². The van der Waals surface area contributed by atoms with Gasteiger partial charge in [0.1, 0.15) is 0 Å². The molecule has 1 unspecified atom stereocenters. The molecule has 0 aliphatic rings. The van der Waals surface area contributed by atoms with E-state index in [2.05, 4.69) is 0 Å². The summed E-state index contributed by atoms with van der Waals surface area (Å²) in [6, 6.07) is 0. The molecular formula is C12H19F3O5. The van der Waals surface area contributed by atoms with Crippen LogP contribution < -0.4 is 0 Å². The number of carbonyl (C=O) groups is 2. The number of esters is 2. The molecule has 0 aromatic rings. The minimum atomic E-state index is -4.92. The first-order valence-corrected chi connectivity index (χ1v) is 6.10. The average Bonchev–Trinajstić information content (AvgIpc) is 2.21. The number of aliphatic hydroxyl groups excluding tert-OH is 1. The van der Waals surface area contributed by atoms with Gasteiger partial charge in [-0.05, 0) is 27.7 Å². The van der Waals surface area contributed by atoms with Crippen molar-refractivity contribution in [2.45, 2.75) is 58.6 Å². The zero-order chi connectivity index (χ0) is 16.1. The predicted octanol–water partition coefficient (Wildman–Crippen LogP) is 1.82. The van der Waals surface area contributed by atoms with Gasteiger partial charge in [0.15, 0.2) is 12.0 Å². The van der Waals surface area contributed by atoms with Crippen LogP contribution in [0.3, 0.4) is 0 Å². The lowest BCUT2D eigenvalue weighted by Crippen LogP contribution is -2.38. The molecule has 0 heterocycles. The van der Waals surface area contributed by atoms with Crippen molar-refractivity contribution < 1.29 is 37.3 Å². The summed E-state index contributed by atoms with van der Waals surface area (Å²) in [4.78, 5) is 23.3. The van der Waals surface area contributed by atoms with Crippen LogP contribution >= 0.6 is 0 Å². The highest BCUT2D eigenvalue weighted by atomic mass is 19.4. The maximum absolute atomic E-state index is 12.3. The van der Waals surface area contributed by atoms with Crippen LogP contribution in [0, 0.1) is 5.92 Å². The fourth-order valence-corrected chi connectivity index (χ4v) is 1.27. The van der Waals surface area contributed by atoms with E-state index >= 15 is 0 Å². The fraction of sp³-hybridized carbons (Fsp3) is 0.833. The van der Waals surface area contributed by atoms with Crippen molar-refractivity contribution >= 4 is 11.9 Å². The summed E-state index contributed by atoms with van der Waals surface area (Å²) in [5, 5.41) is 8.98. The number of aliphatic hydroxyl groups is 1. The van der Waals surface area contributed by atoms with Crippen LogP contribution in [0.5, 0.6) is 0 Å². The highest BCUT2D eigenvalue weighted by Crippen LogP contribution is 2.26. The highest BCUT2D eigenvalue weighted by molar-refractivity contribution is 5.95. The van der Waals surface area contributed by atoms with E-state index in [9.17, 15) is 22.8 Å². The first kappa shape index (κ1) is 18.7. The van der Waals surface area contributed by atoms with E-state index in [1.165, 1.54) is 27.7 Å². The summed E-state index contributed by atoms with van der Waals surface area (Å²) in [5.41, 5.74) is 0. The molecule has 20 heavy (non-hydrogen) atoms. The summed E-state index contributed by atoms with van der Waals surface area (Å²) in [7, 11) is 0. The Morgan fingerprint density at radius 1 is 1.00 bits per heavy atom. The standard InChI is InChI=1S/C12H19F3O5/c1-6(2)19-10(17)8(11(18)20-7(3)4)5-9(16)12(13,14)15/h6-9,16H,5H2,1-4H3. The smallest absolute Gasteiger partial charge is 0.414 e. The second-order valence-corrected chi connectivity index (χ2v) is 4.82. The number of hydrogen-bond acceptors (Lipinski definition) is 5. The molecule has 0 aromatic heterocycles. The fourth-order valence-electron chi connectivity index (χ4n) is 1.27. The van der Waals surface area contributed by atoms with Gasteiger partial charge in [0, 0.05) is 6.42 Å². The molecule has 1 N–H and O–H groups in total. The van der Waals surface area contributed by atoms with E-state index in [-0.39, 0.29) is 0 Å². The molecule has 1 atom stereocenters. The van der Waals surface area contributed by atoms with Crippen molar-refractivity contribution in [3.8, 4) is 0 Å². The molecule has 0 aliphatic heterocycles. The molecule has 5 nitrogen and oxygen atoms in total. The minimum Gasteiger partial charge on any atom is -0.462 e. The normalized spacial score (nSPS) is 13.8. The zero-order valence-corrected chi connectivity index (χ0v) is 11.7. The Morgan fingerprint density at radius 3 is 1.60 bits per heavy atom. The van der Waals surface area contributed by atoms with E-state index in [1.54, 1.807) is 0 Å². The maximum Gasteiger partial charge on any atom is 0.414 e. The topological polar surface area (TPSA) is 72.8 Å². The molecule has 8 heteroatoms. The number of rotatable bonds is 6. The van der Waals surface area contributed by atoms with Gasteiger partial charge in [-0.3, -0.25) is 9.59 Å². The van der Waals surface area contributed by atoms with Crippen LogP contribution in [0.25, 0.3) is 0 Å². The Hall–Kier alpha value is -1.31. The van der Waals surface area contributed by atoms with E-state index in [0.29, 0.717) is 0 Å². The predicted molar refractivity (Wildman–Crippen MR) is 62.6 cm³/mol. The lowest BCUT2D eigenvalue weighted by atomic mass is 10.0. The van der Waals surface area contributed by atoms with Gasteiger partial charge < -0.3 is 14.6 Å². The number of hydrogen-bond donors (Lipinski definition) is 1. The molecule has 0 saturated carbocycles. The Labute approximate surface area is 115 Å². The summed E-state index contributed by atoms with van der Waals surface area (Å²) in [5.74, 6) is -4.10. The zero-order valence-electron chi connectivity index (χ0n) is 11.7. The van der Waals surface area contributed by atoms with Crippen molar-refractivity contribution in [1.29, 1.82) is 0 Å². The third-order valence-electron chi connectivity index (χ3n) is 2.11. The van der Waals surface area contributed by atoms with E-state index in [1.807, 2.05) is 0 Å². The van der Waals surface area contributed by atoms with Gasteiger partial charge in [0.2, 0.25) is 0 Å². The van der Waals surface area contributed by atoms with Crippen LogP contribution in [0.2, 0.25) is 0 Å². The molecule has 118 valence electrons. The Bertz CT molecular complexity index is 316. The second-order valence-electron chi connectivity index (χ2n) is 4.82. The Balaban J connectivity index is 4.97. The summed E-state index contributed by atoms with van der Waals surface area (Å²) < 4.78 is 46.3. The van der Waals surface area contributed by atoms with Crippen LogP contribution in [0.15, 0.2) is 0 Å². The third kappa shape index (κ3) is 6.74. The van der Waals surface area contributed by atoms with Crippen molar-refractivity contribution in [3.05, 3.63) is 0 Å². The molecule has 0 radical (unpaired) electrons. The average molecular weight is 300 g/mol. The van der Waals surface area contributed by atoms with E-state index < -0.39 is 48.8 Å². The largest absolute Gasteiger partial charge is 0.462 e. The van der Waals surface area contributed by atoms with Crippen LogP contribution in [0.1, 0.15) is 34.1 Å². The third-order valence-corrected chi connectivity index (χ3v) is 2.11. The maximum atomic E-state index is 12.3. The van der Waals surface area contributed by atoms with Gasteiger partial charge in [0.25, 0.3) is 0 Å². The SMILES string of the molecule is CC(C)OC(=O)C(CC(O)C(F)(F)F)C(=O)OC(C)C. The van der Waals surface area contributed by atoms with Gasteiger partial charge in [-0.2, -0.15) is 13.2 Å². The molecular weight excluding hydrogens is 281 g/mol. The van der Waals surface area contributed by atoms with Crippen molar-refractivity contribution in [2.24, 2.45) is 5.92 Å². The van der Waals surface area contributed by atoms with Crippen LogP contribution in [-0.2, 0) is 19.1 Å². The summed E-state index contributed by atoms with van der Waals surface area (Å²) in [6.45, 7) is 5.96. The summed E-state index contributed by atoms with van der Waals surface area (Å²) in [6.07, 6.45) is -10.0. The molecule has 0 bridgehead atoms. The van der Waals surface area contributed by atoms with Gasteiger partial charge in [0.05, 0.1) is 12.2 Å². The second kappa shape index (κ2) is 7.47. The number of alkyl halides is 3.